The molecule has 0 spiro atoms. The molecule has 3 heteroatoms. The molecule has 1 aromatic carbocycles. The number of benzene rings is 1. The Kier molecular flexibility index (Phi) is 4.79. The van der Waals surface area contributed by atoms with Crippen molar-refractivity contribution in [2.75, 3.05) is 6.54 Å². The minimum atomic E-state index is 0.187. The second kappa shape index (κ2) is 5.89. The number of rotatable bonds is 5. The summed E-state index contributed by atoms with van der Waals surface area (Å²) in [7, 11) is 0. The number of carbonyl (C=O) groups is 1. The van der Waals surface area contributed by atoms with Gasteiger partial charge in [0.05, 0.1) is 0 Å². The molecular formula is C12H16ClNO. The van der Waals surface area contributed by atoms with E-state index in [2.05, 4.69) is 0 Å². The summed E-state index contributed by atoms with van der Waals surface area (Å²) >= 11 is 5.88. The summed E-state index contributed by atoms with van der Waals surface area (Å²) in [5.74, 6) is 0.411. The van der Waals surface area contributed by atoms with Crippen LogP contribution < -0.4 is 5.73 Å². The molecule has 15 heavy (non-hydrogen) atoms. The topological polar surface area (TPSA) is 43.1 Å². The Morgan fingerprint density at radius 1 is 1.53 bits per heavy atom. The zero-order valence-electron chi connectivity index (χ0n) is 8.87. The Balaban J connectivity index is 2.62. The summed E-state index contributed by atoms with van der Waals surface area (Å²) < 4.78 is 0. The Morgan fingerprint density at radius 2 is 2.27 bits per heavy atom. The van der Waals surface area contributed by atoms with Crippen molar-refractivity contribution >= 4 is 17.4 Å². The first-order valence-corrected chi connectivity index (χ1v) is 5.43. The molecule has 2 nitrogen and oxygen atoms in total. The predicted octanol–water partition coefficient (Wildman–Crippen LogP) is 2.44. The standard InChI is InChI=1S/C12H16ClNO/c1-9(15)5-11(8-14)6-10-3-2-4-12(13)7-10/h2-4,7,11H,5-6,8,14H2,1H3/t11-/m1/s1. The molecule has 82 valence electrons. The number of Topliss-reactive ketones (excluding diaryl/α,β-unsaturated/α-hetero) is 1. The summed E-state index contributed by atoms with van der Waals surface area (Å²) in [6.07, 6.45) is 1.36. The number of hydrogen-bond acceptors (Lipinski definition) is 2. The molecule has 0 aliphatic rings. The third kappa shape index (κ3) is 4.45. The van der Waals surface area contributed by atoms with Crippen LogP contribution >= 0.6 is 11.6 Å². The highest BCUT2D eigenvalue weighted by molar-refractivity contribution is 6.30. The lowest BCUT2D eigenvalue weighted by atomic mass is 9.95. The smallest absolute Gasteiger partial charge is 0.130 e. The van der Waals surface area contributed by atoms with Gasteiger partial charge in [-0.15, -0.1) is 0 Å². The van der Waals surface area contributed by atoms with Crippen LogP contribution in [0.15, 0.2) is 24.3 Å². The summed E-state index contributed by atoms with van der Waals surface area (Å²) in [4.78, 5) is 11.0. The van der Waals surface area contributed by atoms with Crippen LogP contribution in [0.4, 0.5) is 0 Å². The van der Waals surface area contributed by atoms with Gasteiger partial charge in [-0.2, -0.15) is 0 Å². The fraction of sp³-hybridized carbons (Fsp3) is 0.417. The summed E-state index contributed by atoms with van der Waals surface area (Å²) in [5, 5.41) is 0.728. The Labute approximate surface area is 95.4 Å². The first-order valence-electron chi connectivity index (χ1n) is 5.05. The van der Waals surface area contributed by atoms with Crippen LogP contribution in [0, 0.1) is 5.92 Å². The third-order valence-electron chi connectivity index (χ3n) is 2.32. The van der Waals surface area contributed by atoms with Crippen molar-refractivity contribution < 1.29 is 4.79 Å². The van der Waals surface area contributed by atoms with Crippen molar-refractivity contribution in [2.24, 2.45) is 11.7 Å². The maximum absolute atomic E-state index is 11.0. The maximum atomic E-state index is 11.0. The van der Waals surface area contributed by atoms with Crippen LogP contribution in [-0.2, 0) is 11.2 Å². The van der Waals surface area contributed by atoms with Gasteiger partial charge in [0.2, 0.25) is 0 Å². The maximum Gasteiger partial charge on any atom is 0.130 e. The molecule has 0 bridgehead atoms. The molecule has 0 aliphatic carbocycles. The third-order valence-corrected chi connectivity index (χ3v) is 2.56. The SMILES string of the molecule is CC(=O)C[C@@H](CN)Cc1cccc(Cl)c1. The van der Waals surface area contributed by atoms with E-state index in [1.54, 1.807) is 6.92 Å². The highest BCUT2D eigenvalue weighted by Gasteiger charge is 2.10. The molecule has 0 fully saturated rings. The number of carbonyl (C=O) groups excluding carboxylic acids is 1. The highest BCUT2D eigenvalue weighted by atomic mass is 35.5. The minimum Gasteiger partial charge on any atom is -0.330 e. The van der Waals surface area contributed by atoms with E-state index in [1.807, 2.05) is 24.3 Å². The van der Waals surface area contributed by atoms with Crippen LogP contribution in [0.1, 0.15) is 18.9 Å². The van der Waals surface area contributed by atoms with Crippen molar-refractivity contribution in [3.63, 3.8) is 0 Å². The van der Waals surface area contributed by atoms with Crippen molar-refractivity contribution in [1.29, 1.82) is 0 Å². The lowest BCUT2D eigenvalue weighted by Crippen LogP contribution is -2.19. The Bertz CT molecular complexity index is 338. The molecular weight excluding hydrogens is 210 g/mol. The molecule has 0 heterocycles. The predicted molar refractivity (Wildman–Crippen MR) is 63.0 cm³/mol. The van der Waals surface area contributed by atoms with E-state index in [0.29, 0.717) is 13.0 Å². The van der Waals surface area contributed by atoms with Gasteiger partial charge in [-0.3, -0.25) is 0 Å². The van der Waals surface area contributed by atoms with Crippen LogP contribution in [-0.4, -0.2) is 12.3 Å². The number of ketones is 1. The van der Waals surface area contributed by atoms with E-state index in [1.165, 1.54) is 0 Å². The van der Waals surface area contributed by atoms with Gasteiger partial charge >= 0.3 is 0 Å². The molecule has 0 saturated carbocycles. The fourth-order valence-electron chi connectivity index (χ4n) is 1.64. The van der Waals surface area contributed by atoms with Crippen molar-refractivity contribution in [3.8, 4) is 0 Å². The second-order valence-corrected chi connectivity index (χ2v) is 4.28. The van der Waals surface area contributed by atoms with Crippen molar-refractivity contribution in [1.82, 2.24) is 0 Å². The second-order valence-electron chi connectivity index (χ2n) is 3.84. The largest absolute Gasteiger partial charge is 0.330 e. The van der Waals surface area contributed by atoms with E-state index in [4.69, 9.17) is 17.3 Å². The highest BCUT2D eigenvalue weighted by Crippen LogP contribution is 2.16. The molecule has 1 aromatic rings. The molecule has 0 aliphatic heterocycles. The zero-order chi connectivity index (χ0) is 11.3. The summed E-state index contributed by atoms with van der Waals surface area (Å²) in [5.41, 5.74) is 6.76. The van der Waals surface area contributed by atoms with Crippen LogP contribution in [0.5, 0.6) is 0 Å². The van der Waals surface area contributed by atoms with Gasteiger partial charge in [0, 0.05) is 11.4 Å². The van der Waals surface area contributed by atoms with Crippen molar-refractivity contribution in [2.45, 2.75) is 19.8 Å². The van der Waals surface area contributed by atoms with E-state index in [-0.39, 0.29) is 11.7 Å². The van der Waals surface area contributed by atoms with Gasteiger partial charge in [0.1, 0.15) is 5.78 Å². The molecule has 0 aromatic heterocycles. The van der Waals surface area contributed by atoms with Gasteiger partial charge in [-0.25, -0.2) is 0 Å². The normalized spacial score (nSPS) is 12.5. The Morgan fingerprint density at radius 3 is 2.80 bits per heavy atom. The first-order chi connectivity index (χ1) is 7.11. The Hall–Kier alpha value is -0.860. The molecule has 1 atom stereocenters. The minimum absolute atomic E-state index is 0.187. The zero-order valence-corrected chi connectivity index (χ0v) is 9.63. The number of nitrogens with two attached hydrogens (primary N) is 1. The molecule has 0 unspecified atom stereocenters. The molecule has 0 saturated heterocycles. The van der Waals surface area contributed by atoms with Crippen molar-refractivity contribution in [3.05, 3.63) is 34.9 Å². The summed E-state index contributed by atoms with van der Waals surface area (Å²) in [6, 6.07) is 7.69. The van der Waals surface area contributed by atoms with Gasteiger partial charge in [0.25, 0.3) is 0 Å². The van der Waals surface area contributed by atoms with E-state index < -0.39 is 0 Å². The van der Waals surface area contributed by atoms with Gasteiger partial charge in [-0.05, 0) is 43.5 Å². The van der Waals surface area contributed by atoms with Crippen LogP contribution in [0.25, 0.3) is 0 Å². The average Bonchev–Trinajstić information content (AvgIpc) is 2.16. The fourth-order valence-corrected chi connectivity index (χ4v) is 1.86. The van der Waals surface area contributed by atoms with Crippen LogP contribution in [0.3, 0.4) is 0 Å². The van der Waals surface area contributed by atoms with Gasteiger partial charge in [-0.1, -0.05) is 23.7 Å². The van der Waals surface area contributed by atoms with Gasteiger partial charge in [0.15, 0.2) is 0 Å². The molecule has 0 amide bonds. The molecule has 0 radical (unpaired) electrons. The average molecular weight is 226 g/mol. The first kappa shape index (κ1) is 12.2. The van der Waals surface area contributed by atoms with E-state index in [0.717, 1.165) is 17.0 Å². The lowest BCUT2D eigenvalue weighted by Gasteiger charge is -2.12. The van der Waals surface area contributed by atoms with Gasteiger partial charge < -0.3 is 10.5 Å². The summed E-state index contributed by atoms with van der Waals surface area (Å²) in [6.45, 7) is 2.13. The lowest BCUT2D eigenvalue weighted by molar-refractivity contribution is -0.117. The number of hydrogen-bond donors (Lipinski definition) is 1. The quantitative estimate of drug-likeness (QED) is 0.837. The molecule has 1 rings (SSSR count). The monoisotopic (exact) mass is 225 g/mol. The van der Waals surface area contributed by atoms with E-state index in [9.17, 15) is 4.79 Å². The van der Waals surface area contributed by atoms with Crippen LogP contribution in [0.2, 0.25) is 5.02 Å². The van der Waals surface area contributed by atoms with E-state index >= 15 is 0 Å². The molecule has 2 N–H and O–H groups in total. The number of halogens is 1.